The molecule has 142 valence electrons. The molecule has 3 rings (SSSR count). The normalized spacial score (nSPS) is 15.2. The summed E-state index contributed by atoms with van der Waals surface area (Å²) in [6.45, 7) is 2.44. The molecule has 1 aliphatic rings. The molecule has 0 unspecified atom stereocenters. The molecule has 28 heavy (non-hydrogen) atoms. The van der Waals surface area contributed by atoms with Gasteiger partial charge in [0.25, 0.3) is 11.1 Å². The van der Waals surface area contributed by atoms with Crippen molar-refractivity contribution in [3.63, 3.8) is 0 Å². The zero-order valence-corrected chi connectivity index (χ0v) is 18.9. The van der Waals surface area contributed by atoms with Crippen LogP contribution in [0.1, 0.15) is 16.7 Å². The van der Waals surface area contributed by atoms with Gasteiger partial charge in [-0.25, -0.2) is 0 Å². The van der Waals surface area contributed by atoms with Gasteiger partial charge in [0, 0.05) is 0 Å². The maximum Gasteiger partial charge on any atom is 0.294 e. The SMILES string of the molecule is C#CCN1C(=O)S/C(=C/c2cc(Br)c(OCc3cccc(C)c3)c(Br)c2)C1=O. The zero-order chi connectivity index (χ0) is 20.3. The van der Waals surface area contributed by atoms with Crippen LogP contribution in [0.5, 0.6) is 5.75 Å². The molecule has 0 N–H and O–H groups in total. The number of benzene rings is 2. The maximum absolute atomic E-state index is 12.3. The van der Waals surface area contributed by atoms with Crippen molar-refractivity contribution < 1.29 is 14.3 Å². The van der Waals surface area contributed by atoms with E-state index in [1.54, 1.807) is 6.08 Å². The number of halogens is 2. The van der Waals surface area contributed by atoms with Gasteiger partial charge in [0.1, 0.15) is 12.4 Å². The largest absolute Gasteiger partial charge is 0.487 e. The fourth-order valence-corrected chi connectivity index (χ4v) is 4.93. The van der Waals surface area contributed by atoms with Crippen LogP contribution in [0, 0.1) is 19.3 Å². The minimum atomic E-state index is -0.375. The van der Waals surface area contributed by atoms with Gasteiger partial charge in [-0.15, -0.1) is 6.42 Å². The van der Waals surface area contributed by atoms with Crippen LogP contribution < -0.4 is 4.74 Å². The van der Waals surface area contributed by atoms with Crippen LogP contribution in [0.15, 0.2) is 50.2 Å². The molecule has 0 atom stereocenters. The number of thioether (sulfide) groups is 1. The van der Waals surface area contributed by atoms with Crippen LogP contribution in [-0.4, -0.2) is 22.6 Å². The van der Waals surface area contributed by atoms with E-state index in [1.165, 1.54) is 5.56 Å². The number of hydrogen-bond acceptors (Lipinski definition) is 4. The maximum atomic E-state index is 12.3. The van der Waals surface area contributed by atoms with Crippen molar-refractivity contribution in [2.45, 2.75) is 13.5 Å². The fraction of sp³-hybridized carbons (Fsp3) is 0.143. The smallest absolute Gasteiger partial charge is 0.294 e. The van der Waals surface area contributed by atoms with E-state index in [4.69, 9.17) is 11.2 Å². The topological polar surface area (TPSA) is 46.6 Å². The molecule has 1 aliphatic heterocycles. The molecule has 1 fully saturated rings. The molecule has 0 radical (unpaired) electrons. The Morgan fingerprint density at radius 2 is 1.93 bits per heavy atom. The van der Waals surface area contributed by atoms with E-state index in [-0.39, 0.29) is 17.7 Å². The number of rotatable bonds is 5. The van der Waals surface area contributed by atoms with Gasteiger partial charge in [0.15, 0.2) is 0 Å². The first-order valence-corrected chi connectivity index (χ1v) is 10.7. The quantitative estimate of drug-likeness (QED) is 0.371. The van der Waals surface area contributed by atoms with E-state index >= 15 is 0 Å². The predicted molar refractivity (Wildman–Crippen MR) is 119 cm³/mol. The van der Waals surface area contributed by atoms with Crippen molar-refractivity contribution in [1.82, 2.24) is 4.90 Å². The zero-order valence-electron chi connectivity index (χ0n) is 14.9. The molecule has 7 heteroatoms. The second kappa shape index (κ2) is 8.99. The Balaban J connectivity index is 1.79. The lowest BCUT2D eigenvalue weighted by Gasteiger charge is -2.12. The Hall–Kier alpha value is -2.01. The number of carbonyl (C=O) groups is 2. The van der Waals surface area contributed by atoms with E-state index in [2.05, 4.69) is 43.8 Å². The third-order valence-electron chi connectivity index (χ3n) is 3.91. The standard InChI is InChI=1S/C21H15Br2NO3S/c1-3-7-24-20(25)18(28-21(24)26)11-15-9-16(22)19(17(23)10-15)27-12-14-6-4-5-13(2)8-14/h1,4-6,8-11H,7,12H2,2H3/b18-11+. The summed E-state index contributed by atoms with van der Waals surface area (Å²) in [5.74, 6) is 2.61. The van der Waals surface area contributed by atoms with E-state index < -0.39 is 0 Å². The van der Waals surface area contributed by atoms with Crippen LogP contribution in [0.3, 0.4) is 0 Å². The highest BCUT2D eigenvalue weighted by atomic mass is 79.9. The molecule has 0 bridgehead atoms. The van der Waals surface area contributed by atoms with Gasteiger partial charge >= 0.3 is 0 Å². The molecule has 0 saturated carbocycles. The molecule has 2 aromatic rings. The average molecular weight is 521 g/mol. The molecule has 0 spiro atoms. The molecule has 2 amide bonds. The van der Waals surface area contributed by atoms with E-state index in [0.717, 1.165) is 36.7 Å². The minimum absolute atomic E-state index is 0.0267. The van der Waals surface area contributed by atoms with Crippen molar-refractivity contribution in [3.8, 4) is 18.1 Å². The molecule has 2 aromatic carbocycles. The van der Waals surface area contributed by atoms with Crippen LogP contribution in [0.25, 0.3) is 6.08 Å². The molecular formula is C21H15Br2NO3S. The summed E-state index contributed by atoms with van der Waals surface area (Å²) in [5, 5.41) is -0.356. The third kappa shape index (κ3) is 4.69. The minimum Gasteiger partial charge on any atom is -0.487 e. The molecule has 4 nitrogen and oxygen atoms in total. The number of ether oxygens (including phenoxy) is 1. The first-order chi connectivity index (χ1) is 13.4. The fourth-order valence-electron chi connectivity index (χ4n) is 2.64. The summed E-state index contributed by atoms with van der Waals surface area (Å²) in [7, 11) is 0. The van der Waals surface area contributed by atoms with Crippen LogP contribution >= 0.6 is 43.6 Å². The Labute approximate surface area is 184 Å². The average Bonchev–Trinajstić information content (AvgIpc) is 2.89. The summed E-state index contributed by atoms with van der Waals surface area (Å²) in [5.41, 5.74) is 3.01. The van der Waals surface area contributed by atoms with Crippen molar-refractivity contribution >= 4 is 60.8 Å². The van der Waals surface area contributed by atoms with Gasteiger partial charge in [0.05, 0.1) is 20.4 Å². The van der Waals surface area contributed by atoms with Crippen molar-refractivity contribution in [2.75, 3.05) is 6.54 Å². The first-order valence-electron chi connectivity index (χ1n) is 8.25. The number of hydrogen-bond donors (Lipinski definition) is 0. The third-order valence-corrected chi connectivity index (χ3v) is 5.99. The lowest BCUT2D eigenvalue weighted by atomic mass is 10.1. The van der Waals surface area contributed by atoms with Gasteiger partial charge < -0.3 is 4.74 Å². The molecule has 0 aromatic heterocycles. The summed E-state index contributed by atoms with van der Waals surface area (Å²) in [4.78, 5) is 25.6. The summed E-state index contributed by atoms with van der Waals surface area (Å²) >= 11 is 7.92. The van der Waals surface area contributed by atoms with E-state index in [0.29, 0.717) is 17.3 Å². The van der Waals surface area contributed by atoms with Crippen LogP contribution in [0.4, 0.5) is 4.79 Å². The number of nitrogens with zero attached hydrogens (tertiary/aromatic N) is 1. The number of amides is 2. The lowest BCUT2D eigenvalue weighted by Crippen LogP contribution is -2.28. The monoisotopic (exact) mass is 519 g/mol. The Morgan fingerprint density at radius 3 is 2.57 bits per heavy atom. The van der Waals surface area contributed by atoms with Gasteiger partial charge in [-0.3, -0.25) is 14.5 Å². The van der Waals surface area contributed by atoms with Crippen molar-refractivity contribution in [1.29, 1.82) is 0 Å². The van der Waals surface area contributed by atoms with Crippen LogP contribution in [-0.2, 0) is 11.4 Å². The molecule has 1 saturated heterocycles. The Bertz CT molecular complexity index is 1000. The van der Waals surface area contributed by atoms with Crippen molar-refractivity contribution in [2.24, 2.45) is 0 Å². The summed E-state index contributed by atoms with van der Waals surface area (Å²) in [6.07, 6.45) is 6.88. The Kier molecular flexibility index (Phi) is 6.65. The highest BCUT2D eigenvalue weighted by Gasteiger charge is 2.34. The van der Waals surface area contributed by atoms with Gasteiger partial charge in [0.2, 0.25) is 0 Å². The molecule has 0 aliphatic carbocycles. The van der Waals surface area contributed by atoms with E-state index in [9.17, 15) is 9.59 Å². The highest BCUT2D eigenvalue weighted by molar-refractivity contribution is 9.11. The summed E-state index contributed by atoms with van der Waals surface area (Å²) in [6, 6.07) is 11.8. The van der Waals surface area contributed by atoms with Gasteiger partial charge in [-0.1, -0.05) is 35.7 Å². The number of terminal acetylenes is 1. The Morgan fingerprint density at radius 1 is 1.21 bits per heavy atom. The van der Waals surface area contributed by atoms with Gasteiger partial charge in [-0.2, -0.15) is 0 Å². The first kappa shape index (κ1) is 20.7. The van der Waals surface area contributed by atoms with Gasteiger partial charge in [-0.05, 0) is 79.9 Å². The lowest BCUT2D eigenvalue weighted by molar-refractivity contribution is -0.122. The summed E-state index contributed by atoms with van der Waals surface area (Å²) < 4.78 is 7.43. The second-order valence-corrected chi connectivity index (χ2v) is 8.77. The van der Waals surface area contributed by atoms with E-state index in [1.807, 2.05) is 37.3 Å². The molecular weight excluding hydrogens is 506 g/mol. The highest BCUT2D eigenvalue weighted by Crippen LogP contribution is 2.38. The second-order valence-electron chi connectivity index (χ2n) is 6.06. The van der Waals surface area contributed by atoms with Crippen molar-refractivity contribution in [3.05, 3.63) is 66.9 Å². The number of carbonyl (C=O) groups excluding carboxylic acids is 2. The van der Waals surface area contributed by atoms with Crippen LogP contribution in [0.2, 0.25) is 0 Å². The molecule has 1 heterocycles. The predicted octanol–water partition coefficient (Wildman–Crippen LogP) is 5.77. The number of aryl methyl sites for hydroxylation is 1. The number of imide groups is 1.